The van der Waals surface area contributed by atoms with E-state index in [0.717, 1.165) is 37.0 Å². The van der Waals surface area contributed by atoms with Crippen LogP contribution in [0.5, 0.6) is 11.5 Å². The Morgan fingerprint density at radius 2 is 2.07 bits per heavy atom. The molecule has 10 heteroatoms. The maximum atomic E-state index is 13.8. The van der Waals surface area contributed by atoms with Gasteiger partial charge >= 0.3 is 11.9 Å². The molecule has 1 heterocycles. The topological polar surface area (TPSA) is 122 Å². The van der Waals surface area contributed by atoms with Gasteiger partial charge in [-0.2, -0.15) is 0 Å². The molecule has 3 unspecified atom stereocenters. The number of fused-ring (bicyclic) bond motifs is 3. The average Bonchev–Trinajstić information content (AvgIpc) is 3.25. The van der Waals surface area contributed by atoms with E-state index in [2.05, 4.69) is 0 Å². The van der Waals surface area contributed by atoms with Crippen LogP contribution >= 0.6 is 0 Å². The summed E-state index contributed by atoms with van der Waals surface area (Å²) >= 11 is 0. The molecule has 0 saturated heterocycles. The van der Waals surface area contributed by atoms with E-state index < -0.39 is 32.6 Å². The van der Waals surface area contributed by atoms with Crippen LogP contribution in [0.25, 0.3) is 0 Å². The Morgan fingerprint density at radius 1 is 1.30 bits per heavy atom. The number of aliphatic hydroxyl groups is 1. The van der Waals surface area contributed by atoms with Crippen molar-refractivity contribution in [2.45, 2.75) is 49.0 Å². The Morgan fingerprint density at radius 3 is 2.77 bits per heavy atom. The lowest BCUT2D eigenvalue weighted by atomic mass is 9.97. The van der Waals surface area contributed by atoms with Crippen LogP contribution < -0.4 is 14.2 Å². The molecule has 0 radical (unpaired) electrons. The van der Waals surface area contributed by atoms with E-state index in [0.29, 0.717) is 0 Å². The Hall–Kier alpha value is -2.69. The molecule has 2 aromatic rings. The van der Waals surface area contributed by atoms with E-state index in [9.17, 15) is 27.8 Å². The second kappa shape index (κ2) is 7.22. The minimum absolute atomic E-state index is 0.0603. The normalized spacial score (nSPS) is 22.0. The van der Waals surface area contributed by atoms with Crippen LogP contribution in [0, 0.1) is 12.7 Å². The molecule has 30 heavy (non-hydrogen) atoms. The Labute approximate surface area is 172 Å². The number of sulfonamides is 1. The fraction of sp³-hybridized carbons (Fsp3) is 0.350. The summed E-state index contributed by atoms with van der Waals surface area (Å²) in [6, 6.07) is 7.87. The van der Waals surface area contributed by atoms with Gasteiger partial charge in [0.1, 0.15) is 11.9 Å². The van der Waals surface area contributed by atoms with Crippen molar-refractivity contribution in [2.24, 2.45) is 0 Å². The van der Waals surface area contributed by atoms with Crippen LogP contribution in [0.2, 0.25) is 0 Å². The summed E-state index contributed by atoms with van der Waals surface area (Å²) in [6.45, 7) is 1.45. The van der Waals surface area contributed by atoms with Gasteiger partial charge in [0.05, 0.1) is 4.90 Å². The van der Waals surface area contributed by atoms with Gasteiger partial charge in [0.2, 0.25) is 10.0 Å². The lowest BCUT2D eigenvalue weighted by Gasteiger charge is -2.26. The van der Waals surface area contributed by atoms with E-state index in [1.54, 1.807) is 10.8 Å². The zero-order valence-corrected chi connectivity index (χ0v) is 16.8. The quantitative estimate of drug-likeness (QED) is 0.593. The zero-order chi connectivity index (χ0) is 21.7. The standard InChI is InChI=1S/C20H20FNO7S/c1-11-8-9-12(10-15(11)21)30(26,27)22-20(25,19(23)24)29-17-7-3-5-14-13-4-2-6-16(13)28-18(14)17/h3,5,7-10,13,16,22,25H,2,4,6H2,1H3,(H,23,24). The minimum Gasteiger partial charge on any atom is -0.486 e. The van der Waals surface area contributed by atoms with Gasteiger partial charge in [-0.3, -0.25) is 0 Å². The number of aliphatic carboxylic acids is 1. The van der Waals surface area contributed by atoms with Gasteiger partial charge in [-0.15, -0.1) is 4.72 Å². The van der Waals surface area contributed by atoms with Crippen molar-refractivity contribution in [1.82, 2.24) is 4.72 Å². The molecule has 4 rings (SSSR count). The Bertz CT molecular complexity index is 1120. The molecule has 2 aliphatic rings. The first kappa shape index (κ1) is 20.6. The molecule has 1 saturated carbocycles. The minimum atomic E-state index is -4.64. The van der Waals surface area contributed by atoms with Crippen LogP contribution in [0.15, 0.2) is 41.3 Å². The summed E-state index contributed by atoms with van der Waals surface area (Å²) in [5.41, 5.74) is 1.03. The van der Waals surface area contributed by atoms with Crippen molar-refractivity contribution in [3.63, 3.8) is 0 Å². The smallest absolute Gasteiger partial charge is 0.395 e. The first-order valence-corrected chi connectivity index (χ1v) is 10.8. The molecule has 3 atom stereocenters. The SMILES string of the molecule is Cc1ccc(S(=O)(=O)NC(O)(Oc2cccc3c2OC2CCCC32)C(=O)O)cc1F. The number of para-hydroxylation sites is 1. The molecule has 0 amide bonds. The number of ether oxygens (including phenoxy) is 2. The van der Waals surface area contributed by atoms with Crippen molar-refractivity contribution < 1.29 is 37.3 Å². The number of rotatable bonds is 6. The lowest BCUT2D eigenvalue weighted by Crippen LogP contribution is -2.58. The highest BCUT2D eigenvalue weighted by Gasteiger charge is 2.46. The molecule has 1 aliphatic heterocycles. The molecule has 0 bridgehead atoms. The van der Waals surface area contributed by atoms with Gasteiger partial charge in [0.25, 0.3) is 0 Å². The molecule has 1 aliphatic carbocycles. The number of hydrogen-bond donors (Lipinski definition) is 3. The van der Waals surface area contributed by atoms with Gasteiger partial charge in [0.15, 0.2) is 11.5 Å². The van der Waals surface area contributed by atoms with E-state index in [1.807, 2.05) is 6.07 Å². The molecule has 0 aromatic heterocycles. The number of hydrogen-bond acceptors (Lipinski definition) is 6. The van der Waals surface area contributed by atoms with Crippen LogP contribution in [0.1, 0.15) is 36.3 Å². The second-order valence-electron chi connectivity index (χ2n) is 7.44. The highest BCUT2D eigenvalue weighted by atomic mass is 32.2. The summed E-state index contributed by atoms with van der Waals surface area (Å²) in [4.78, 5) is 11.2. The first-order chi connectivity index (χ1) is 14.1. The molecule has 2 aromatic carbocycles. The van der Waals surface area contributed by atoms with E-state index in [4.69, 9.17) is 9.47 Å². The van der Waals surface area contributed by atoms with Crippen molar-refractivity contribution >= 4 is 16.0 Å². The van der Waals surface area contributed by atoms with Crippen molar-refractivity contribution in [1.29, 1.82) is 0 Å². The molecule has 160 valence electrons. The highest BCUT2D eigenvalue weighted by Crippen LogP contribution is 2.51. The van der Waals surface area contributed by atoms with Gasteiger partial charge in [-0.1, -0.05) is 18.2 Å². The van der Waals surface area contributed by atoms with E-state index >= 15 is 0 Å². The summed E-state index contributed by atoms with van der Waals surface area (Å²) in [7, 11) is -4.64. The van der Waals surface area contributed by atoms with Crippen LogP contribution in [-0.2, 0) is 14.8 Å². The Kier molecular flexibility index (Phi) is 4.95. The van der Waals surface area contributed by atoms with Gasteiger partial charge in [-0.05, 0) is 49.9 Å². The largest absolute Gasteiger partial charge is 0.486 e. The fourth-order valence-corrected chi connectivity index (χ4v) is 4.97. The molecular formula is C20H20FNO7S. The number of benzene rings is 2. The van der Waals surface area contributed by atoms with Gasteiger partial charge in [-0.25, -0.2) is 17.6 Å². The van der Waals surface area contributed by atoms with Crippen LogP contribution in [0.3, 0.4) is 0 Å². The van der Waals surface area contributed by atoms with Gasteiger partial charge < -0.3 is 19.7 Å². The number of aryl methyl sites for hydroxylation is 1. The number of carbonyl (C=O) groups is 1. The maximum Gasteiger partial charge on any atom is 0.395 e. The molecule has 3 N–H and O–H groups in total. The van der Waals surface area contributed by atoms with E-state index in [1.165, 1.54) is 19.1 Å². The predicted molar refractivity (Wildman–Crippen MR) is 102 cm³/mol. The average molecular weight is 437 g/mol. The van der Waals surface area contributed by atoms with Crippen molar-refractivity contribution in [3.05, 3.63) is 53.3 Å². The zero-order valence-electron chi connectivity index (χ0n) is 16.0. The summed E-state index contributed by atoms with van der Waals surface area (Å²) in [5, 5.41) is 20.0. The summed E-state index contributed by atoms with van der Waals surface area (Å²) in [6.07, 6.45) is 2.70. The summed E-state index contributed by atoms with van der Waals surface area (Å²) in [5.74, 6) is -5.80. The molecule has 1 fully saturated rings. The monoisotopic (exact) mass is 437 g/mol. The molecule has 8 nitrogen and oxygen atoms in total. The number of carboxylic acid groups (broad SMARTS) is 1. The van der Waals surface area contributed by atoms with Crippen molar-refractivity contribution in [3.8, 4) is 11.5 Å². The number of carboxylic acids is 1. The lowest BCUT2D eigenvalue weighted by molar-refractivity contribution is -0.197. The fourth-order valence-electron chi connectivity index (χ4n) is 3.85. The van der Waals surface area contributed by atoms with Crippen LogP contribution in [0.4, 0.5) is 4.39 Å². The predicted octanol–water partition coefficient (Wildman–Crippen LogP) is 2.25. The summed E-state index contributed by atoms with van der Waals surface area (Å²) < 4.78 is 51.7. The van der Waals surface area contributed by atoms with Crippen molar-refractivity contribution in [2.75, 3.05) is 0 Å². The maximum absolute atomic E-state index is 13.8. The first-order valence-electron chi connectivity index (χ1n) is 9.35. The second-order valence-corrected chi connectivity index (χ2v) is 9.12. The molecule has 0 spiro atoms. The molecular weight excluding hydrogens is 417 g/mol. The third kappa shape index (κ3) is 3.51. The third-order valence-electron chi connectivity index (χ3n) is 5.40. The van der Waals surface area contributed by atoms with Crippen LogP contribution in [-0.4, -0.2) is 36.6 Å². The number of halogens is 1. The van der Waals surface area contributed by atoms with E-state index in [-0.39, 0.29) is 29.1 Å². The van der Waals surface area contributed by atoms with Gasteiger partial charge in [0, 0.05) is 11.5 Å². The number of nitrogens with one attached hydrogen (secondary N) is 1. The Balaban J connectivity index is 1.65. The highest BCUT2D eigenvalue weighted by molar-refractivity contribution is 7.89. The third-order valence-corrected chi connectivity index (χ3v) is 6.82.